The SMILES string of the molecule is O=C(Nc1ccc(Cl)cn1)C1CCCN(C(=O)c2ccc(N3CCC(O)CC3)cc2)C1. The highest BCUT2D eigenvalue weighted by molar-refractivity contribution is 6.30. The molecule has 2 aliphatic rings. The van der Waals surface area contributed by atoms with E-state index in [1.165, 1.54) is 6.20 Å². The average Bonchev–Trinajstić information content (AvgIpc) is 2.81. The molecule has 1 atom stereocenters. The number of piperidine rings is 2. The van der Waals surface area contributed by atoms with E-state index in [4.69, 9.17) is 11.6 Å². The maximum absolute atomic E-state index is 13.0. The summed E-state index contributed by atoms with van der Waals surface area (Å²) in [7, 11) is 0. The van der Waals surface area contributed by atoms with Crippen molar-refractivity contribution in [3.8, 4) is 0 Å². The van der Waals surface area contributed by atoms with Crippen molar-refractivity contribution < 1.29 is 14.7 Å². The van der Waals surface area contributed by atoms with Crippen LogP contribution in [0.4, 0.5) is 11.5 Å². The quantitative estimate of drug-likeness (QED) is 0.759. The van der Waals surface area contributed by atoms with Crippen molar-refractivity contribution in [2.75, 3.05) is 36.4 Å². The first kappa shape index (κ1) is 21.6. The summed E-state index contributed by atoms with van der Waals surface area (Å²) in [5.74, 6) is 0.00518. The van der Waals surface area contributed by atoms with Gasteiger partial charge in [-0.25, -0.2) is 4.98 Å². The lowest BCUT2D eigenvalue weighted by Crippen LogP contribution is -2.43. The van der Waals surface area contributed by atoms with Gasteiger partial charge < -0.3 is 20.2 Å². The number of carbonyl (C=O) groups excluding carboxylic acids is 2. The van der Waals surface area contributed by atoms with Crippen molar-refractivity contribution >= 4 is 34.9 Å². The predicted molar refractivity (Wildman–Crippen MR) is 120 cm³/mol. The second-order valence-corrected chi connectivity index (χ2v) is 8.64. The van der Waals surface area contributed by atoms with Crippen LogP contribution in [0, 0.1) is 5.92 Å². The molecule has 31 heavy (non-hydrogen) atoms. The fourth-order valence-corrected chi connectivity index (χ4v) is 4.29. The molecular formula is C23H27ClN4O3. The Balaban J connectivity index is 1.35. The lowest BCUT2D eigenvalue weighted by atomic mass is 9.96. The van der Waals surface area contributed by atoms with Crippen LogP contribution < -0.4 is 10.2 Å². The van der Waals surface area contributed by atoms with Gasteiger partial charge in [0.2, 0.25) is 5.91 Å². The van der Waals surface area contributed by atoms with E-state index in [2.05, 4.69) is 15.2 Å². The van der Waals surface area contributed by atoms with Crippen LogP contribution in [-0.4, -0.2) is 59.1 Å². The zero-order valence-electron chi connectivity index (χ0n) is 17.3. The second-order valence-electron chi connectivity index (χ2n) is 8.21. The number of benzene rings is 1. The molecule has 7 nitrogen and oxygen atoms in total. The van der Waals surface area contributed by atoms with Crippen LogP contribution in [-0.2, 0) is 4.79 Å². The van der Waals surface area contributed by atoms with E-state index in [9.17, 15) is 14.7 Å². The molecule has 1 aromatic carbocycles. The summed E-state index contributed by atoms with van der Waals surface area (Å²) in [6.45, 7) is 2.68. The number of rotatable bonds is 4. The molecule has 3 heterocycles. The van der Waals surface area contributed by atoms with Gasteiger partial charge in [-0.05, 0) is 62.1 Å². The number of carbonyl (C=O) groups is 2. The van der Waals surface area contributed by atoms with Crippen molar-refractivity contribution in [2.45, 2.75) is 31.8 Å². The summed E-state index contributed by atoms with van der Waals surface area (Å²) < 4.78 is 0. The van der Waals surface area contributed by atoms with Gasteiger partial charge in [0.25, 0.3) is 5.91 Å². The minimum atomic E-state index is -0.269. The lowest BCUT2D eigenvalue weighted by molar-refractivity contribution is -0.121. The molecule has 0 radical (unpaired) electrons. The Hall–Kier alpha value is -2.64. The summed E-state index contributed by atoms with van der Waals surface area (Å²) in [6, 6.07) is 11.0. The van der Waals surface area contributed by atoms with Crippen LogP contribution in [0.5, 0.6) is 0 Å². The predicted octanol–water partition coefficient (Wildman–Crippen LogP) is 3.19. The van der Waals surface area contributed by atoms with Crippen LogP contribution in [0.15, 0.2) is 42.6 Å². The molecule has 2 saturated heterocycles. The smallest absolute Gasteiger partial charge is 0.253 e. The molecule has 0 saturated carbocycles. The number of nitrogens with zero attached hydrogens (tertiary/aromatic N) is 3. The highest BCUT2D eigenvalue weighted by atomic mass is 35.5. The maximum atomic E-state index is 13.0. The third-order valence-electron chi connectivity index (χ3n) is 6.00. The molecule has 164 valence electrons. The van der Waals surface area contributed by atoms with Crippen molar-refractivity contribution in [3.05, 3.63) is 53.2 Å². The first-order chi connectivity index (χ1) is 15.0. The van der Waals surface area contributed by atoms with Gasteiger partial charge in [0, 0.05) is 43.6 Å². The first-order valence-corrected chi connectivity index (χ1v) is 11.1. The Morgan fingerprint density at radius 2 is 1.77 bits per heavy atom. The number of hydrogen-bond donors (Lipinski definition) is 2. The third-order valence-corrected chi connectivity index (χ3v) is 6.23. The summed E-state index contributed by atoms with van der Waals surface area (Å²) in [4.78, 5) is 33.8. The normalized spacial score (nSPS) is 19.9. The Labute approximate surface area is 187 Å². The largest absolute Gasteiger partial charge is 0.393 e. The molecule has 2 aliphatic heterocycles. The zero-order chi connectivity index (χ0) is 21.8. The van der Waals surface area contributed by atoms with Crippen molar-refractivity contribution in [1.82, 2.24) is 9.88 Å². The van der Waals surface area contributed by atoms with Crippen molar-refractivity contribution in [1.29, 1.82) is 0 Å². The summed E-state index contributed by atoms with van der Waals surface area (Å²) in [6.07, 6.45) is 4.34. The monoisotopic (exact) mass is 442 g/mol. The van der Waals surface area contributed by atoms with Crippen LogP contribution in [0.25, 0.3) is 0 Å². The van der Waals surface area contributed by atoms with E-state index in [1.54, 1.807) is 17.0 Å². The van der Waals surface area contributed by atoms with Crippen LogP contribution in [0.1, 0.15) is 36.0 Å². The number of hydrogen-bond acceptors (Lipinski definition) is 5. The number of halogens is 1. The molecule has 1 aromatic heterocycles. The fraction of sp³-hybridized carbons (Fsp3) is 0.435. The average molecular weight is 443 g/mol. The highest BCUT2D eigenvalue weighted by Crippen LogP contribution is 2.23. The topological polar surface area (TPSA) is 85.8 Å². The molecular weight excluding hydrogens is 416 g/mol. The van der Waals surface area contributed by atoms with Gasteiger partial charge in [0.15, 0.2) is 0 Å². The lowest BCUT2D eigenvalue weighted by Gasteiger charge is -2.33. The number of nitrogens with one attached hydrogen (secondary N) is 1. The number of likely N-dealkylation sites (tertiary alicyclic amines) is 1. The van der Waals surface area contributed by atoms with Gasteiger partial charge in [-0.3, -0.25) is 9.59 Å². The molecule has 2 fully saturated rings. The minimum absolute atomic E-state index is 0.0530. The van der Waals surface area contributed by atoms with E-state index in [1.807, 2.05) is 24.3 Å². The molecule has 0 spiro atoms. The maximum Gasteiger partial charge on any atom is 0.253 e. The van der Waals surface area contributed by atoms with Gasteiger partial charge in [0.1, 0.15) is 5.82 Å². The summed E-state index contributed by atoms with van der Waals surface area (Å²) in [5, 5.41) is 13.0. The van der Waals surface area contributed by atoms with Crippen LogP contribution in [0.2, 0.25) is 5.02 Å². The molecule has 0 bridgehead atoms. The number of aliphatic hydroxyl groups excluding tert-OH is 1. The molecule has 0 aliphatic carbocycles. The molecule has 2 aromatic rings. The van der Waals surface area contributed by atoms with Gasteiger partial charge in [-0.2, -0.15) is 0 Å². The molecule has 2 N–H and O–H groups in total. The number of amides is 2. The fourth-order valence-electron chi connectivity index (χ4n) is 4.18. The third kappa shape index (κ3) is 5.35. The van der Waals surface area contributed by atoms with Gasteiger partial charge in [-0.15, -0.1) is 0 Å². The van der Waals surface area contributed by atoms with Crippen molar-refractivity contribution in [3.63, 3.8) is 0 Å². The van der Waals surface area contributed by atoms with Gasteiger partial charge >= 0.3 is 0 Å². The van der Waals surface area contributed by atoms with Gasteiger partial charge in [0.05, 0.1) is 17.0 Å². The number of aromatic nitrogens is 1. The van der Waals surface area contributed by atoms with Crippen LogP contribution in [0.3, 0.4) is 0 Å². The number of pyridine rings is 1. The van der Waals surface area contributed by atoms with Gasteiger partial charge in [-0.1, -0.05) is 11.6 Å². The molecule has 4 rings (SSSR count). The second kappa shape index (κ2) is 9.66. The Morgan fingerprint density at radius 1 is 1.03 bits per heavy atom. The zero-order valence-corrected chi connectivity index (χ0v) is 18.1. The summed E-state index contributed by atoms with van der Waals surface area (Å²) >= 11 is 5.84. The first-order valence-electron chi connectivity index (χ1n) is 10.7. The van der Waals surface area contributed by atoms with E-state index < -0.39 is 0 Å². The van der Waals surface area contributed by atoms with Crippen LogP contribution >= 0.6 is 11.6 Å². The van der Waals surface area contributed by atoms with E-state index in [0.717, 1.165) is 44.5 Å². The Bertz CT molecular complexity index is 911. The molecule has 1 unspecified atom stereocenters. The standard InChI is InChI=1S/C23H27ClN4O3/c24-18-5-8-21(25-14-18)26-22(30)17-2-1-11-28(15-17)23(31)16-3-6-19(7-4-16)27-12-9-20(29)10-13-27/h3-8,14,17,20,29H,1-2,9-13,15H2,(H,25,26,30). The van der Waals surface area contributed by atoms with E-state index in [-0.39, 0.29) is 23.8 Å². The molecule has 2 amide bonds. The Kier molecular flexibility index (Phi) is 6.73. The Morgan fingerprint density at radius 3 is 2.45 bits per heavy atom. The van der Waals surface area contributed by atoms with E-state index in [0.29, 0.717) is 29.5 Å². The van der Waals surface area contributed by atoms with Crippen molar-refractivity contribution in [2.24, 2.45) is 5.92 Å². The molecule has 8 heteroatoms. The van der Waals surface area contributed by atoms with E-state index >= 15 is 0 Å². The minimum Gasteiger partial charge on any atom is -0.393 e. The number of aliphatic hydroxyl groups is 1. The number of anilines is 2. The summed E-state index contributed by atoms with van der Waals surface area (Å²) in [5.41, 5.74) is 1.69. The highest BCUT2D eigenvalue weighted by Gasteiger charge is 2.29.